The molecule has 1 unspecified atom stereocenters. The van der Waals surface area contributed by atoms with Crippen LogP contribution in [0, 0.1) is 0 Å². The Bertz CT molecular complexity index is 1030. The first-order valence-electron chi connectivity index (χ1n) is 11.3. The Balaban J connectivity index is 1.44. The summed E-state index contributed by atoms with van der Waals surface area (Å²) in [7, 11) is 0. The number of piperidine rings is 1. The monoisotopic (exact) mass is 435 g/mol. The lowest BCUT2D eigenvalue weighted by atomic mass is 9.93. The van der Waals surface area contributed by atoms with Crippen LogP contribution >= 0.6 is 11.3 Å². The number of morpholine rings is 1. The van der Waals surface area contributed by atoms with Gasteiger partial charge in [-0.05, 0) is 60.5 Å². The molecule has 31 heavy (non-hydrogen) atoms. The summed E-state index contributed by atoms with van der Waals surface area (Å²) in [5.41, 5.74) is 2.55. The first-order valence-corrected chi connectivity index (χ1v) is 12.1. The maximum Gasteiger partial charge on any atom is 0.264 e. The highest BCUT2D eigenvalue weighted by Gasteiger charge is 2.29. The molecule has 0 radical (unpaired) electrons. The molecular weight excluding hydrogens is 406 g/mol. The van der Waals surface area contributed by atoms with Crippen LogP contribution in [0.5, 0.6) is 0 Å². The van der Waals surface area contributed by atoms with Crippen LogP contribution in [0.25, 0.3) is 10.1 Å². The Morgan fingerprint density at radius 3 is 2.71 bits per heavy atom. The third kappa shape index (κ3) is 4.52. The molecule has 2 aliphatic rings. The molecule has 2 saturated heterocycles. The molecular formula is C25H29N3O2S. The van der Waals surface area contributed by atoms with E-state index in [1.165, 1.54) is 40.5 Å². The molecule has 162 valence electrons. The highest BCUT2D eigenvalue weighted by Crippen LogP contribution is 2.35. The predicted octanol–water partition coefficient (Wildman–Crippen LogP) is 4.37. The molecule has 2 aliphatic heterocycles. The Hall–Kier alpha value is -2.28. The summed E-state index contributed by atoms with van der Waals surface area (Å²) in [6.07, 6.45) is 8.36. The fourth-order valence-corrected chi connectivity index (χ4v) is 6.04. The molecule has 1 amide bonds. The number of pyridine rings is 1. The predicted molar refractivity (Wildman–Crippen MR) is 125 cm³/mol. The van der Waals surface area contributed by atoms with Crippen molar-refractivity contribution >= 4 is 27.3 Å². The molecule has 6 heteroatoms. The summed E-state index contributed by atoms with van der Waals surface area (Å²) in [6, 6.07) is 13.2. The molecule has 0 bridgehead atoms. The number of likely N-dealkylation sites (tertiary alicyclic amines) is 1. The van der Waals surface area contributed by atoms with Crippen molar-refractivity contribution in [2.75, 3.05) is 32.8 Å². The van der Waals surface area contributed by atoms with Crippen molar-refractivity contribution in [1.82, 2.24) is 14.8 Å². The summed E-state index contributed by atoms with van der Waals surface area (Å²) in [5.74, 6) is 0.177. The topological polar surface area (TPSA) is 45.7 Å². The second-order valence-corrected chi connectivity index (χ2v) is 9.54. The zero-order valence-corrected chi connectivity index (χ0v) is 18.7. The lowest BCUT2D eigenvalue weighted by Crippen LogP contribution is -2.42. The van der Waals surface area contributed by atoms with Crippen LogP contribution in [0.15, 0.2) is 48.8 Å². The van der Waals surface area contributed by atoms with Gasteiger partial charge in [-0.25, -0.2) is 0 Å². The van der Waals surface area contributed by atoms with Gasteiger partial charge in [-0.2, -0.15) is 0 Å². The van der Waals surface area contributed by atoms with Gasteiger partial charge in [0.1, 0.15) is 0 Å². The SMILES string of the molecule is O=C(c1sc2ccccc2c1CC1CCCCN1Cc1ccncc1)N1CCOCC1. The molecule has 5 nitrogen and oxygen atoms in total. The summed E-state index contributed by atoms with van der Waals surface area (Å²) >= 11 is 1.66. The Labute approximate surface area is 187 Å². The minimum absolute atomic E-state index is 0.177. The second kappa shape index (κ2) is 9.47. The largest absolute Gasteiger partial charge is 0.378 e. The number of ether oxygens (including phenoxy) is 1. The number of fused-ring (bicyclic) bond motifs is 1. The lowest BCUT2D eigenvalue weighted by Gasteiger charge is -2.36. The smallest absolute Gasteiger partial charge is 0.264 e. The van der Waals surface area contributed by atoms with Crippen LogP contribution in [-0.2, 0) is 17.7 Å². The Morgan fingerprint density at radius 1 is 1.06 bits per heavy atom. The number of hydrogen-bond acceptors (Lipinski definition) is 5. The van der Waals surface area contributed by atoms with E-state index >= 15 is 0 Å². The Kier molecular flexibility index (Phi) is 6.30. The van der Waals surface area contributed by atoms with Gasteiger partial charge in [0.15, 0.2) is 0 Å². The molecule has 0 aliphatic carbocycles. The number of benzene rings is 1. The summed E-state index contributed by atoms with van der Waals surface area (Å²) in [4.78, 5) is 23.1. The van der Waals surface area contributed by atoms with E-state index in [2.05, 4.69) is 46.3 Å². The van der Waals surface area contributed by atoms with Crippen molar-refractivity contribution in [3.05, 3.63) is 64.8 Å². The van der Waals surface area contributed by atoms with Crippen LogP contribution in [0.3, 0.4) is 0 Å². The normalized spacial score (nSPS) is 20.3. The number of carbonyl (C=O) groups excluding carboxylic acids is 1. The number of carbonyl (C=O) groups is 1. The van der Waals surface area contributed by atoms with Crippen LogP contribution in [0.4, 0.5) is 0 Å². The molecule has 2 aromatic heterocycles. The number of amides is 1. The van der Waals surface area contributed by atoms with Crippen LogP contribution < -0.4 is 0 Å². The van der Waals surface area contributed by atoms with Crippen LogP contribution in [0.1, 0.15) is 40.1 Å². The zero-order chi connectivity index (χ0) is 21.0. The van der Waals surface area contributed by atoms with Crippen LogP contribution in [0.2, 0.25) is 0 Å². The van der Waals surface area contributed by atoms with Crippen molar-refractivity contribution < 1.29 is 9.53 Å². The van der Waals surface area contributed by atoms with Crippen molar-refractivity contribution in [2.24, 2.45) is 0 Å². The van der Waals surface area contributed by atoms with Gasteiger partial charge in [0.2, 0.25) is 0 Å². The highest BCUT2D eigenvalue weighted by atomic mass is 32.1. The molecule has 0 spiro atoms. The molecule has 0 saturated carbocycles. The standard InChI is InChI=1S/C25H29N3O2S/c29-25(27-13-15-30-16-14-27)24-22(21-6-1-2-7-23(21)31-24)17-20-5-3-4-12-28(20)18-19-8-10-26-11-9-19/h1-2,6-11,20H,3-5,12-18H2. The van der Waals surface area contributed by atoms with E-state index in [0.717, 1.165) is 24.4 Å². The van der Waals surface area contributed by atoms with E-state index in [0.29, 0.717) is 32.3 Å². The average molecular weight is 436 g/mol. The quantitative estimate of drug-likeness (QED) is 0.597. The number of aromatic nitrogens is 1. The van der Waals surface area contributed by atoms with Gasteiger partial charge in [-0.3, -0.25) is 14.7 Å². The number of nitrogens with zero attached hydrogens (tertiary/aromatic N) is 3. The number of rotatable bonds is 5. The summed E-state index contributed by atoms with van der Waals surface area (Å²) in [6.45, 7) is 4.70. The lowest BCUT2D eigenvalue weighted by molar-refractivity contribution is 0.0305. The van der Waals surface area contributed by atoms with E-state index < -0.39 is 0 Å². The maximum atomic E-state index is 13.5. The maximum absolute atomic E-state index is 13.5. The van der Waals surface area contributed by atoms with E-state index in [1.54, 1.807) is 11.3 Å². The fraction of sp³-hybridized carbons (Fsp3) is 0.440. The van der Waals surface area contributed by atoms with E-state index in [9.17, 15) is 4.79 Å². The summed E-state index contributed by atoms with van der Waals surface area (Å²) < 4.78 is 6.68. The number of thiophene rings is 1. The average Bonchev–Trinajstić information content (AvgIpc) is 3.19. The second-order valence-electron chi connectivity index (χ2n) is 8.49. The molecule has 1 aromatic carbocycles. The van der Waals surface area contributed by atoms with E-state index in [-0.39, 0.29) is 5.91 Å². The third-order valence-electron chi connectivity index (χ3n) is 6.51. The van der Waals surface area contributed by atoms with E-state index in [1.807, 2.05) is 17.3 Å². The van der Waals surface area contributed by atoms with Gasteiger partial charge < -0.3 is 9.64 Å². The highest BCUT2D eigenvalue weighted by molar-refractivity contribution is 7.21. The first kappa shape index (κ1) is 20.6. The van der Waals surface area contributed by atoms with E-state index in [4.69, 9.17) is 4.74 Å². The van der Waals surface area contributed by atoms with Gasteiger partial charge >= 0.3 is 0 Å². The molecule has 0 N–H and O–H groups in total. The molecule has 2 fully saturated rings. The third-order valence-corrected chi connectivity index (χ3v) is 7.72. The van der Waals surface area contributed by atoms with Crippen molar-refractivity contribution in [3.8, 4) is 0 Å². The van der Waals surface area contributed by atoms with Gasteiger partial charge in [-0.15, -0.1) is 11.3 Å². The molecule has 3 aromatic rings. The van der Waals surface area contributed by atoms with Crippen molar-refractivity contribution in [1.29, 1.82) is 0 Å². The molecule has 5 rings (SSSR count). The van der Waals surface area contributed by atoms with Crippen LogP contribution in [-0.4, -0.2) is 59.6 Å². The zero-order valence-electron chi connectivity index (χ0n) is 17.8. The fourth-order valence-electron chi connectivity index (χ4n) is 4.84. The Morgan fingerprint density at radius 2 is 1.87 bits per heavy atom. The van der Waals surface area contributed by atoms with Gasteiger partial charge in [0, 0.05) is 42.8 Å². The number of hydrogen-bond donors (Lipinski definition) is 0. The van der Waals surface area contributed by atoms with Gasteiger partial charge in [0.25, 0.3) is 5.91 Å². The minimum Gasteiger partial charge on any atom is -0.378 e. The molecule has 4 heterocycles. The van der Waals surface area contributed by atoms with Gasteiger partial charge in [0.05, 0.1) is 18.1 Å². The molecule has 1 atom stereocenters. The van der Waals surface area contributed by atoms with Gasteiger partial charge in [-0.1, -0.05) is 24.6 Å². The minimum atomic E-state index is 0.177. The first-order chi connectivity index (χ1) is 15.3. The van der Waals surface area contributed by atoms with Crippen molar-refractivity contribution in [3.63, 3.8) is 0 Å². The van der Waals surface area contributed by atoms with Crippen molar-refractivity contribution in [2.45, 2.75) is 38.3 Å². The summed E-state index contributed by atoms with van der Waals surface area (Å²) in [5, 5.41) is 1.25.